The molecule has 0 aliphatic heterocycles. The molecule has 456 valence electrons. The Morgan fingerprint density at radius 3 is 1.02 bits per heavy atom. The van der Waals surface area contributed by atoms with Gasteiger partial charge >= 0.3 is 25.7 Å². The van der Waals surface area contributed by atoms with Gasteiger partial charge in [-0.1, -0.05) is 226 Å². The van der Waals surface area contributed by atoms with Gasteiger partial charge in [0, 0.05) is 19.3 Å². The summed E-state index contributed by atoms with van der Waals surface area (Å²) in [6.07, 6.45) is 75.8. The van der Waals surface area contributed by atoms with E-state index < -0.39 is 57.8 Å². The van der Waals surface area contributed by atoms with Gasteiger partial charge in [-0.25, -0.2) is 4.57 Å². The summed E-state index contributed by atoms with van der Waals surface area (Å²) in [7, 11) is -4.78. The molecule has 0 aromatic carbocycles. The van der Waals surface area contributed by atoms with Crippen molar-refractivity contribution in [1.29, 1.82) is 0 Å². The van der Waals surface area contributed by atoms with Crippen LogP contribution in [0.1, 0.15) is 252 Å². The maximum absolute atomic E-state index is 12.9. The minimum atomic E-state index is -4.78. The fraction of sp³-hybridized carbons (Fsp3) is 0.662. The molecule has 2 N–H and O–H groups in total. The number of hydrogen-bond donors (Lipinski definition) is 2. The molecule has 80 heavy (non-hydrogen) atoms. The molecule has 0 aromatic rings. The molecule has 0 bridgehead atoms. The number of rotatable bonds is 57. The lowest BCUT2D eigenvalue weighted by Gasteiger charge is -2.21. The molecule has 0 spiro atoms. The molecule has 0 saturated heterocycles. The summed E-state index contributed by atoms with van der Waals surface area (Å²) >= 11 is 0. The van der Waals surface area contributed by atoms with Gasteiger partial charge in [-0.15, -0.1) is 0 Å². The smallest absolute Gasteiger partial charge is 0.462 e. The van der Waals surface area contributed by atoms with Gasteiger partial charge in [0.2, 0.25) is 0 Å². The van der Waals surface area contributed by atoms with Crippen molar-refractivity contribution < 1.29 is 52.2 Å². The van der Waals surface area contributed by atoms with Crippen LogP contribution >= 0.6 is 7.82 Å². The molecular formula is C68H113O11P. The van der Waals surface area contributed by atoms with Gasteiger partial charge in [-0.3, -0.25) is 23.4 Å². The topological polar surface area (TPSA) is 155 Å². The van der Waals surface area contributed by atoms with E-state index in [-0.39, 0.29) is 25.9 Å². The van der Waals surface area contributed by atoms with Crippen LogP contribution in [0.5, 0.6) is 0 Å². The van der Waals surface area contributed by atoms with Crippen LogP contribution < -0.4 is 0 Å². The number of phosphoric ester groups is 1. The summed E-state index contributed by atoms with van der Waals surface area (Å²) in [5.41, 5.74) is 0. The minimum absolute atomic E-state index is 0.120. The second-order valence-corrected chi connectivity index (χ2v) is 21.9. The lowest BCUT2D eigenvalue weighted by atomic mass is 10.1. The number of unbranched alkanes of at least 4 members (excludes halogenated alkanes) is 20. The molecule has 0 amide bonds. The van der Waals surface area contributed by atoms with E-state index >= 15 is 0 Å². The fourth-order valence-corrected chi connectivity index (χ4v) is 8.92. The maximum atomic E-state index is 12.9. The molecule has 0 aliphatic carbocycles. The van der Waals surface area contributed by atoms with Crippen molar-refractivity contribution in [2.45, 2.75) is 264 Å². The highest BCUT2D eigenvalue weighted by molar-refractivity contribution is 7.47. The summed E-state index contributed by atoms with van der Waals surface area (Å²) in [5, 5.41) is 9.85. The number of aliphatic hydroxyl groups is 1. The van der Waals surface area contributed by atoms with Gasteiger partial charge < -0.3 is 24.2 Å². The van der Waals surface area contributed by atoms with Crippen LogP contribution in [0.25, 0.3) is 0 Å². The van der Waals surface area contributed by atoms with Gasteiger partial charge in [0.05, 0.1) is 19.8 Å². The molecular weight excluding hydrogens is 1020 g/mol. The first kappa shape index (κ1) is 75.9. The molecule has 3 unspecified atom stereocenters. The van der Waals surface area contributed by atoms with Crippen LogP contribution in [-0.4, -0.2) is 66.5 Å². The van der Waals surface area contributed by atoms with Crippen LogP contribution in [0.2, 0.25) is 0 Å². The Morgan fingerprint density at radius 1 is 0.362 bits per heavy atom. The summed E-state index contributed by atoms with van der Waals surface area (Å²) in [5.74, 6) is -1.54. The van der Waals surface area contributed by atoms with Crippen LogP contribution in [0, 0.1) is 0 Å². The first-order chi connectivity index (χ1) is 39.2. The van der Waals surface area contributed by atoms with Crippen LogP contribution in [0.3, 0.4) is 0 Å². The Kier molecular flexibility index (Phi) is 57.8. The lowest BCUT2D eigenvalue weighted by molar-refractivity contribution is -0.161. The Labute approximate surface area is 487 Å². The number of carbonyl (C=O) groups is 3. The average molecular weight is 1140 g/mol. The molecule has 11 nitrogen and oxygen atoms in total. The summed E-state index contributed by atoms with van der Waals surface area (Å²) in [4.78, 5) is 48.7. The number of carbonyl (C=O) groups excluding carboxylic acids is 3. The van der Waals surface area contributed by atoms with E-state index in [1.54, 1.807) is 0 Å². The van der Waals surface area contributed by atoms with Gasteiger partial charge in [-0.2, -0.15) is 0 Å². The number of hydrogen-bond acceptors (Lipinski definition) is 10. The Morgan fingerprint density at radius 2 is 0.650 bits per heavy atom. The third-order valence-electron chi connectivity index (χ3n) is 12.8. The molecule has 0 aliphatic rings. The van der Waals surface area contributed by atoms with Crippen molar-refractivity contribution in [1.82, 2.24) is 0 Å². The average Bonchev–Trinajstić information content (AvgIpc) is 3.45. The first-order valence-electron chi connectivity index (χ1n) is 31.4. The predicted molar refractivity (Wildman–Crippen MR) is 334 cm³/mol. The van der Waals surface area contributed by atoms with Gasteiger partial charge in [0.1, 0.15) is 12.7 Å². The van der Waals surface area contributed by atoms with Crippen LogP contribution in [0.4, 0.5) is 0 Å². The SMILES string of the molecule is CC/C=C\C/C=C\C/C=C\C/C=C\C/C=C\CCCCCC(=O)OC(COC(=O)CCCCCCCCC/C=C\CCCCCCCC)COP(=O)(O)OCC(CO)OC(=O)CCCCCC/C=C\C/C=C\C/C=C\C/C=C\CC. The summed E-state index contributed by atoms with van der Waals surface area (Å²) in [6, 6.07) is 0. The Hall–Kier alpha value is -4.12. The number of allylic oxidation sites excluding steroid dienone is 20. The fourth-order valence-electron chi connectivity index (χ4n) is 8.13. The van der Waals surface area contributed by atoms with Crippen LogP contribution in [-0.2, 0) is 42.2 Å². The number of aliphatic hydroxyl groups excluding tert-OH is 1. The Balaban J connectivity index is 4.81. The van der Waals surface area contributed by atoms with Gasteiger partial charge in [0.25, 0.3) is 0 Å². The molecule has 0 aromatic heterocycles. The van der Waals surface area contributed by atoms with Crippen LogP contribution in [0.15, 0.2) is 122 Å². The van der Waals surface area contributed by atoms with E-state index in [0.717, 1.165) is 128 Å². The zero-order valence-electron chi connectivity index (χ0n) is 50.5. The lowest BCUT2D eigenvalue weighted by Crippen LogP contribution is -2.30. The number of esters is 3. The quantitative estimate of drug-likeness (QED) is 0.0197. The third kappa shape index (κ3) is 58.5. The summed E-state index contributed by atoms with van der Waals surface area (Å²) < 4.78 is 39.6. The molecule has 3 atom stereocenters. The molecule has 0 radical (unpaired) electrons. The van der Waals surface area contributed by atoms with Crippen molar-refractivity contribution in [2.24, 2.45) is 0 Å². The third-order valence-corrected chi connectivity index (χ3v) is 13.8. The largest absolute Gasteiger partial charge is 0.472 e. The molecule has 0 fully saturated rings. The maximum Gasteiger partial charge on any atom is 0.472 e. The van der Waals surface area contributed by atoms with E-state index in [9.17, 15) is 28.9 Å². The van der Waals surface area contributed by atoms with Crippen molar-refractivity contribution in [2.75, 3.05) is 26.4 Å². The van der Waals surface area contributed by atoms with Crippen molar-refractivity contribution >= 4 is 25.7 Å². The second-order valence-electron chi connectivity index (χ2n) is 20.5. The predicted octanol–water partition coefficient (Wildman–Crippen LogP) is 19.1. The molecule has 0 heterocycles. The zero-order chi connectivity index (χ0) is 58.3. The van der Waals surface area contributed by atoms with Crippen molar-refractivity contribution in [3.05, 3.63) is 122 Å². The molecule has 12 heteroatoms. The highest BCUT2D eigenvalue weighted by atomic mass is 31.2. The summed E-state index contributed by atoms with van der Waals surface area (Å²) in [6.45, 7) is 4.35. The second kappa shape index (κ2) is 61.0. The normalized spacial score (nSPS) is 14.1. The van der Waals surface area contributed by atoms with E-state index in [4.69, 9.17) is 23.3 Å². The van der Waals surface area contributed by atoms with Crippen molar-refractivity contribution in [3.63, 3.8) is 0 Å². The minimum Gasteiger partial charge on any atom is -0.462 e. The van der Waals surface area contributed by atoms with E-state index in [2.05, 4.69) is 142 Å². The van der Waals surface area contributed by atoms with E-state index in [1.165, 1.54) is 64.2 Å². The van der Waals surface area contributed by atoms with Gasteiger partial charge in [0.15, 0.2) is 6.10 Å². The van der Waals surface area contributed by atoms with E-state index in [0.29, 0.717) is 19.3 Å². The number of ether oxygens (including phenoxy) is 3. The van der Waals surface area contributed by atoms with Gasteiger partial charge in [-0.05, 0) is 128 Å². The standard InChI is InChI=1S/C68H113O11P/c1-4-7-10-13-16-19-22-25-28-31-32-35-38-41-44-47-50-53-56-59-68(72)79-65(61-75-66(70)57-54-51-48-45-42-39-36-33-29-26-23-20-17-14-11-8-5-2)63-77-80(73,74)76-62-64(60-69)78-67(71)58-55-52-49-46-43-40-37-34-30-27-24-21-18-15-12-9-6-3/h7,9-10,12,16,18-19,21,25-30,32,35,37,40-41,44,64-65,69H,4-6,8,11,13-15,17,20,22-24,31,33-34,36,38-39,42-43,45-63H2,1-3H3,(H,73,74)/b10-7-,12-9-,19-16-,21-18-,28-25-,29-26-,30-27-,35-32-,40-37-,44-41-. The first-order valence-corrected chi connectivity index (χ1v) is 32.9. The Bertz CT molecular complexity index is 1800. The number of phosphoric acid groups is 1. The molecule has 0 saturated carbocycles. The van der Waals surface area contributed by atoms with Crippen molar-refractivity contribution in [3.8, 4) is 0 Å². The highest BCUT2D eigenvalue weighted by Gasteiger charge is 2.28. The zero-order valence-corrected chi connectivity index (χ0v) is 51.4. The monoisotopic (exact) mass is 1140 g/mol. The highest BCUT2D eigenvalue weighted by Crippen LogP contribution is 2.43. The molecule has 0 rings (SSSR count). The van der Waals surface area contributed by atoms with E-state index in [1.807, 2.05) is 0 Å².